The lowest BCUT2D eigenvalue weighted by Gasteiger charge is -2.24. The Kier molecular flexibility index (Phi) is 4.63. The van der Waals surface area contributed by atoms with Gasteiger partial charge in [0.2, 0.25) is 0 Å². The van der Waals surface area contributed by atoms with Crippen molar-refractivity contribution in [3.05, 3.63) is 53.3 Å². The van der Waals surface area contributed by atoms with Gasteiger partial charge in [-0.05, 0) is 30.9 Å². The van der Waals surface area contributed by atoms with Gasteiger partial charge in [0.15, 0.2) is 0 Å². The van der Waals surface area contributed by atoms with Crippen LogP contribution in [0.5, 0.6) is 0 Å². The molecule has 1 heteroatoms. The van der Waals surface area contributed by atoms with Crippen molar-refractivity contribution < 1.29 is 4.74 Å². The summed E-state index contributed by atoms with van der Waals surface area (Å²) in [5.41, 5.74) is 4.08. The normalized spacial score (nSPS) is 14.8. The smallest absolute Gasteiger partial charge is 0.113 e. The highest BCUT2D eigenvalue weighted by Gasteiger charge is 2.18. The molecule has 1 aromatic carbocycles. The van der Waals surface area contributed by atoms with Crippen molar-refractivity contribution >= 4 is 5.57 Å². The van der Waals surface area contributed by atoms with Crippen LogP contribution in [0.15, 0.2) is 42.2 Å². The first kappa shape index (κ1) is 12.9. The van der Waals surface area contributed by atoms with Crippen molar-refractivity contribution in [3.8, 4) is 0 Å². The van der Waals surface area contributed by atoms with Gasteiger partial charge in [-0.25, -0.2) is 0 Å². The number of benzene rings is 1. The first-order chi connectivity index (χ1) is 8.86. The van der Waals surface area contributed by atoms with Crippen molar-refractivity contribution in [1.82, 2.24) is 0 Å². The second-order valence-corrected chi connectivity index (χ2v) is 4.72. The Morgan fingerprint density at radius 1 is 1.28 bits per heavy atom. The molecule has 0 saturated heterocycles. The molecule has 96 valence electrons. The minimum absolute atomic E-state index is 0.731. The number of ether oxygens (including phenoxy) is 1. The van der Waals surface area contributed by atoms with Crippen LogP contribution in [0.25, 0.3) is 5.57 Å². The van der Waals surface area contributed by atoms with Crippen LogP contribution < -0.4 is 0 Å². The van der Waals surface area contributed by atoms with E-state index in [9.17, 15) is 0 Å². The zero-order chi connectivity index (χ0) is 12.8. The lowest BCUT2D eigenvalue weighted by atomic mass is 9.93. The van der Waals surface area contributed by atoms with Gasteiger partial charge in [0.1, 0.15) is 12.4 Å². The molecule has 1 nitrogen and oxygen atoms in total. The highest BCUT2D eigenvalue weighted by atomic mass is 16.5. The van der Waals surface area contributed by atoms with Crippen LogP contribution in [0.4, 0.5) is 0 Å². The Hall–Kier alpha value is -1.50. The summed E-state index contributed by atoms with van der Waals surface area (Å²) in [5, 5.41) is 0. The number of allylic oxidation sites excluding steroid dienone is 4. The van der Waals surface area contributed by atoms with E-state index in [1.165, 1.54) is 35.3 Å². The van der Waals surface area contributed by atoms with Gasteiger partial charge < -0.3 is 4.74 Å². The van der Waals surface area contributed by atoms with Crippen LogP contribution in [0, 0.1) is 0 Å². The minimum Gasteiger partial charge on any atom is -0.493 e. The lowest BCUT2D eigenvalue weighted by molar-refractivity contribution is 0.183. The summed E-state index contributed by atoms with van der Waals surface area (Å²) in [6, 6.07) is 8.61. The summed E-state index contributed by atoms with van der Waals surface area (Å²) in [6.07, 6.45) is 8.79. The summed E-state index contributed by atoms with van der Waals surface area (Å²) in [7, 11) is 0. The van der Waals surface area contributed by atoms with E-state index in [0.29, 0.717) is 0 Å². The molecule has 2 rings (SSSR count). The van der Waals surface area contributed by atoms with Crippen molar-refractivity contribution in [1.29, 1.82) is 0 Å². The molecular formula is C17H22O. The van der Waals surface area contributed by atoms with E-state index in [1.54, 1.807) is 0 Å². The van der Waals surface area contributed by atoms with Gasteiger partial charge in [-0.2, -0.15) is 0 Å². The first-order valence-electron chi connectivity index (χ1n) is 6.91. The minimum atomic E-state index is 0.731. The van der Waals surface area contributed by atoms with Crippen LogP contribution in [0.1, 0.15) is 50.7 Å². The Morgan fingerprint density at radius 3 is 2.89 bits per heavy atom. The van der Waals surface area contributed by atoms with Gasteiger partial charge in [0.25, 0.3) is 0 Å². The molecule has 1 aliphatic heterocycles. The molecule has 0 unspecified atom stereocenters. The lowest BCUT2D eigenvalue weighted by Crippen LogP contribution is -2.07. The molecule has 0 spiro atoms. The second-order valence-electron chi connectivity index (χ2n) is 4.72. The van der Waals surface area contributed by atoms with E-state index in [-0.39, 0.29) is 0 Å². The van der Waals surface area contributed by atoms with Crippen LogP contribution in [-0.4, -0.2) is 0 Å². The summed E-state index contributed by atoms with van der Waals surface area (Å²) in [4.78, 5) is 0. The number of hydrogen-bond acceptors (Lipinski definition) is 1. The topological polar surface area (TPSA) is 9.23 Å². The van der Waals surface area contributed by atoms with E-state index in [2.05, 4.69) is 50.3 Å². The fraction of sp³-hybridized carbons (Fsp3) is 0.412. The Bertz CT molecular complexity index is 454. The van der Waals surface area contributed by atoms with Gasteiger partial charge in [0, 0.05) is 12.0 Å². The third-order valence-electron chi connectivity index (χ3n) is 3.40. The third kappa shape index (κ3) is 2.84. The first-order valence-corrected chi connectivity index (χ1v) is 6.91. The fourth-order valence-corrected chi connectivity index (χ4v) is 2.36. The van der Waals surface area contributed by atoms with Gasteiger partial charge in [-0.3, -0.25) is 0 Å². The largest absolute Gasteiger partial charge is 0.493 e. The summed E-state index contributed by atoms with van der Waals surface area (Å²) >= 11 is 0. The molecule has 0 radical (unpaired) electrons. The Morgan fingerprint density at radius 2 is 2.11 bits per heavy atom. The quantitative estimate of drug-likeness (QED) is 0.654. The maximum absolute atomic E-state index is 5.96. The van der Waals surface area contributed by atoms with Crippen molar-refractivity contribution in [3.63, 3.8) is 0 Å². The Balaban J connectivity index is 2.33. The molecule has 0 saturated carbocycles. The summed E-state index contributed by atoms with van der Waals surface area (Å²) < 4.78 is 5.96. The molecular weight excluding hydrogens is 220 g/mol. The van der Waals surface area contributed by atoms with Gasteiger partial charge in [-0.15, -0.1) is 0 Å². The monoisotopic (exact) mass is 242 g/mol. The molecule has 18 heavy (non-hydrogen) atoms. The highest BCUT2D eigenvalue weighted by Crippen LogP contribution is 2.34. The van der Waals surface area contributed by atoms with E-state index < -0.39 is 0 Å². The fourth-order valence-electron chi connectivity index (χ4n) is 2.36. The molecule has 0 fully saturated rings. The Labute approximate surface area is 110 Å². The van der Waals surface area contributed by atoms with Crippen LogP contribution >= 0.6 is 0 Å². The average molecular weight is 242 g/mol. The molecule has 0 amide bonds. The molecule has 1 heterocycles. The van der Waals surface area contributed by atoms with Crippen LogP contribution in [0.3, 0.4) is 0 Å². The number of rotatable bonds is 5. The van der Waals surface area contributed by atoms with Crippen LogP contribution in [-0.2, 0) is 11.3 Å². The predicted octanol–water partition coefficient (Wildman–Crippen LogP) is 5.08. The molecule has 0 N–H and O–H groups in total. The number of fused-ring (bicyclic) bond motifs is 1. The number of hydrogen-bond donors (Lipinski definition) is 0. The summed E-state index contributed by atoms with van der Waals surface area (Å²) in [5.74, 6) is 1.20. The molecule has 1 aromatic rings. The second kappa shape index (κ2) is 6.44. The molecule has 1 aliphatic rings. The van der Waals surface area contributed by atoms with E-state index in [0.717, 1.165) is 19.4 Å². The van der Waals surface area contributed by atoms with Gasteiger partial charge in [-0.1, -0.05) is 49.8 Å². The molecule has 0 aromatic heterocycles. The average Bonchev–Trinajstić information content (AvgIpc) is 2.43. The standard InChI is InChI=1S/C17H22O/c1-3-5-10-16-15-11-8-7-9-14(15)13-18-17(16)12-6-4-2/h3,5,7-9,11H,4,6,10,12-13H2,1-2H3/b5-3+. The molecule has 0 aliphatic carbocycles. The van der Waals surface area contributed by atoms with Crippen molar-refractivity contribution in [2.45, 2.75) is 46.1 Å². The summed E-state index contributed by atoms with van der Waals surface area (Å²) in [6.45, 7) is 5.03. The third-order valence-corrected chi connectivity index (χ3v) is 3.40. The molecule has 0 bridgehead atoms. The van der Waals surface area contributed by atoms with E-state index in [1.807, 2.05) is 0 Å². The number of unbranched alkanes of at least 4 members (excludes halogenated alkanes) is 1. The van der Waals surface area contributed by atoms with Crippen LogP contribution in [0.2, 0.25) is 0 Å². The van der Waals surface area contributed by atoms with Gasteiger partial charge >= 0.3 is 0 Å². The van der Waals surface area contributed by atoms with E-state index >= 15 is 0 Å². The van der Waals surface area contributed by atoms with Gasteiger partial charge in [0.05, 0.1) is 0 Å². The van der Waals surface area contributed by atoms with Crippen molar-refractivity contribution in [2.24, 2.45) is 0 Å². The maximum Gasteiger partial charge on any atom is 0.113 e. The zero-order valence-corrected chi connectivity index (χ0v) is 11.4. The predicted molar refractivity (Wildman–Crippen MR) is 77.1 cm³/mol. The molecule has 0 atom stereocenters. The zero-order valence-electron chi connectivity index (χ0n) is 11.4. The SMILES string of the molecule is C/C=C/CC1=C(CCCC)OCc2ccccc21. The maximum atomic E-state index is 5.96. The van der Waals surface area contributed by atoms with E-state index in [4.69, 9.17) is 4.74 Å². The highest BCUT2D eigenvalue weighted by molar-refractivity contribution is 5.72. The van der Waals surface area contributed by atoms with Crippen molar-refractivity contribution in [2.75, 3.05) is 0 Å².